The lowest BCUT2D eigenvalue weighted by atomic mass is 10.0. The van der Waals surface area contributed by atoms with Gasteiger partial charge in [0.1, 0.15) is 0 Å². The second kappa shape index (κ2) is 7.40. The molecule has 5 nitrogen and oxygen atoms in total. The van der Waals surface area contributed by atoms with E-state index >= 15 is 0 Å². The zero-order chi connectivity index (χ0) is 12.8. The molecule has 3 unspecified atom stereocenters. The van der Waals surface area contributed by atoms with Crippen molar-refractivity contribution in [2.75, 3.05) is 52.6 Å². The van der Waals surface area contributed by atoms with Crippen LogP contribution in [0.3, 0.4) is 0 Å². The van der Waals surface area contributed by atoms with Gasteiger partial charge in [0, 0.05) is 38.8 Å². The first-order valence-corrected chi connectivity index (χ1v) is 7.05. The SMILES string of the molecule is CC(NCC(O)CN1CCOCC1)C1CCOC1. The highest BCUT2D eigenvalue weighted by molar-refractivity contribution is 4.77. The molecule has 0 aromatic rings. The number of β-amino-alcohol motifs (C(OH)–C–C–N with tert-alkyl or cyclic N) is 1. The number of ether oxygens (including phenoxy) is 2. The molecule has 0 amide bonds. The van der Waals surface area contributed by atoms with Crippen LogP contribution < -0.4 is 5.32 Å². The van der Waals surface area contributed by atoms with Crippen LogP contribution in [0, 0.1) is 5.92 Å². The third-order valence-corrected chi connectivity index (χ3v) is 3.92. The van der Waals surface area contributed by atoms with Crippen LogP contribution in [0.25, 0.3) is 0 Å². The zero-order valence-electron chi connectivity index (χ0n) is 11.3. The van der Waals surface area contributed by atoms with Gasteiger partial charge in [-0.05, 0) is 19.3 Å². The first kappa shape index (κ1) is 14.2. The Labute approximate surface area is 109 Å². The molecule has 2 N–H and O–H groups in total. The summed E-state index contributed by atoms with van der Waals surface area (Å²) in [4.78, 5) is 2.26. The van der Waals surface area contributed by atoms with Crippen molar-refractivity contribution in [3.63, 3.8) is 0 Å². The molecule has 2 aliphatic heterocycles. The maximum absolute atomic E-state index is 10.0. The van der Waals surface area contributed by atoms with E-state index in [1.54, 1.807) is 0 Å². The van der Waals surface area contributed by atoms with E-state index in [-0.39, 0.29) is 6.10 Å². The fraction of sp³-hybridized carbons (Fsp3) is 1.00. The molecule has 0 saturated carbocycles. The normalized spacial score (nSPS) is 29.3. The van der Waals surface area contributed by atoms with Crippen LogP contribution >= 0.6 is 0 Å². The third-order valence-electron chi connectivity index (χ3n) is 3.92. The molecule has 2 rings (SSSR count). The fourth-order valence-corrected chi connectivity index (χ4v) is 2.58. The molecule has 18 heavy (non-hydrogen) atoms. The van der Waals surface area contributed by atoms with Crippen molar-refractivity contribution in [3.05, 3.63) is 0 Å². The number of hydrogen-bond acceptors (Lipinski definition) is 5. The summed E-state index contributed by atoms with van der Waals surface area (Å²) < 4.78 is 10.7. The van der Waals surface area contributed by atoms with Crippen LogP contribution in [0.1, 0.15) is 13.3 Å². The maximum atomic E-state index is 10.0. The van der Waals surface area contributed by atoms with E-state index in [0.717, 1.165) is 52.5 Å². The summed E-state index contributed by atoms with van der Waals surface area (Å²) in [6.45, 7) is 8.76. The second-order valence-corrected chi connectivity index (χ2v) is 5.39. The molecule has 0 aliphatic carbocycles. The van der Waals surface area contributed by atoms with Crippen LogP contribution in [0.15, 0.2) is 0 Å². The van der Waals surface area contributed by atoms with E-state index in [4.69, 9.17) is 9.47 Å². The van der Waals surface area contributed by atoms with Crippen molar-refractivity contribution < 1.29 is 14.6 Å². The van der Waals surface area contributed by atoms with Gasteiger partial charge in [-0.15, -0.1) is 0 Å². The Balaban J connectivity index is 1.59. The first-order valence-electron chi connectivity index (χ1n) is 7.05. The number of rotatable bonds is 6. The molecular formula is C13H26N2O3. The fourth-order valence-electron chi connectivity index (χ4n) is 2.58. The summed E-state index contributed by atoms with van der Waals surface area (Å²) in [6, 6.07) is 0.423. The monoisotopic (exact) mass is 258 g/mol. The molecule has 0 aromatic heterocycles. The number of nitrogens with one attached hydrogen (secondary N) is 1. The molecule has 0 bridgehead atoms. The van der Waals surface area contributed by atoms with Gasteiger partial charge in [0.05, 0.1) is 25.9 Å². The largest absolute Gasteiger partial charge is 0.390 e. The van der Waals surface area contributed by atoms with Gasteiger partial charge < -0.3 is 19.9 Å². The summed E-state index contributed by atoms with van der Waals surface area (Å²) in [7, 11) is 0. The Hall–Kier alpha value is -0.200. The van der Waals surface area contributed by atoms with E-state index in [2.05, 4.69) is 17.1 Å². The van der Waals surface area contributed by atoms with Gasteiger partial charge in [0.25, 0.3) is 0 Å². The highest BCUT2D eigenvalue weighted by Gasteiger charge is 2.23. The molecule has 5 heteroatoms. The lowest BCUT2D eigenvalue weighted by Gasteiger charge is -2.29. The van der Waals surface area contributed by atoms with Crippen molar-refractivity contribution in [3.8, 4) is 0 Å². The highest BCUT2D eigenvalue weighted by Crippen LogP contribution is 2.16. The van der Waals surface area contributed by atoms with Crippen LogP contribution in [-0.2, 0) is 9.47 Å². The van der Waals surface area contributed by atoms with Gasteiger partial charge in [-0.1, -0.05) is 0 Å². The third kappa shape index (κ3) is 4.48. The molecule has 0 spiro atoms. The highest BCUT2D eigenvalue weighted by atomic mass is 16.5. The molecule has 2 saturated heterocycles. The summed E-state index contributed by atoms with van der Waals surface area (Å²) in [6.07, 6.45) is 0.834. The van der Waals surface area contributed by atoms with Crippen molar-refractivity contribution in [1.82, 2.24) is 10.2 Å². The van der Waals surface area contributed by atoms with E-state index < -0.39 is 0 Å². The molecule has 0 aromatic carbocycles. The van der Waals surface area contributed by atoms with Crippen molar-refractivity contribution in [1.29, 1.82) is 0 Å². The molecular weight excluding hydrogens is 232 g/mol. The number of hydrogen-bond donors (Lipinski definition) is 2. The standard InChI is InChI=1S/C13H26N2O3/c1-11(12-2-5-18-10-12)14-8-13(16)9-15-3-6-17-7-4-15/h11-14,16H,2-10H2,1H3. The van der Waals surface area contributed by atoms with Crippen LogP contribution in [0.5, 0.6) is 0 Å². The van der Waals surface area contributed by atoms with Gasteiger partial charge in [0.15, 0.2) is 0 Å². The Morgan fingerprint density at radius 3 is 2.72 bits per heavy atom. The Bertz CT molecular complexity index is 228. The van der Waals surface area contributed by atoms with Gasteiger partial charge in [-0.2, -0.15) is 0 Å². The van der Waals surface area contributed by atoms with Crippen molar-refractivity contribution in [2.45, 2.75) is 25.5 Å². The average Bonchev–Trinajstić information content (AvgIpc) is 2.91. The smallest absolute Gasteiger partial charge is 0.0791 e. The van der Waals surface area contributed by atoms with E-state index in [1.165, 1.54) is 0 Å². The minimum Gasteiger partial charge on any atom is -0.390 e. The van der Waals surface area contributed by atoms with Crippen molar-refractivity contribution in [2.24, 2.45) is 5.92 Å². The summed E-state index contributed by atoms with van der Waals surface area (Å²) in [5.41, 5.74) is 0. The first-order chi connectivity index (χ1) is 8.75. The predicted octanol–water partition coefficient (Wildman–Crippen LogP) is -0.306. The Morgan fingerprint density at radius 1 is 1.28 bits per heavy atom. The molecule has 2 aliphatic rings. The van der Waals surface area contributed by atoms with Crippen LogP contribution in [-0.4, -0.2) is 74.8 Å². The van der Waals surface area contributed by atoms with Crippen molar-refractivity contribution >= 4 is 0 Å². The number of aliphatic hydroxyl groups excluding tert-OH is 1. The van der Waals surface area contributed by atoms with Gasteiger partial charge in [-0.3, -0.25) is 4.90 Å². The maximum Gasteiger partial charge on any atom is 0.0791 e. The summed E-state index contributed by atoms with van der Waals surface area (Å²) >= 11 is 0. The lowest BCUT2D eigenvalue weighted by molar-refractivity contribution is 0.0142. The van der Waals surface area contributed by atoms with E-state index in [9.17, 15) is 5.11 Å². The predicted molar refractivity (Wildman–Crippen MR) is 69.7 cm³/mol. The molecule has 2 fully saturated rings. The number of morpholine rings is 1. The topological polar surface area (TPSA) is 54.0 Å². The Morgan fingerprint density at radius 2 is 2.06 bits per heavy atom. The molecule has 0 radical (unpaired) electrons. The van der Waals surface area contributed by atoms with E-state index in [1.807, 2.05) is 0 Å². The van der Waals surface area contributed by atoms with Gasteiger partial charge in [-0.25, -0.2) is 0 Å². The summed E-state index contributed by atoms with van der Waals surface area (Å²) in [5, 5.41) is 13.4. The van der Waals surface area contributed by atoms with Crippen LogP contribution in [0.4, 0.5) is 0 Å². The van der Waals surface area contributed by atoms with Gasteiger partial charge >= 0.3 is 0 Å². The average molecular weight is 258 g/mol. The minimum absolute atomic E-state index is 0.298. The molecule has 2 heterocycles. The number of aliphatic hydroxyl groups is 1. The zero-order valence-corrected chi connectivity index (χ0v) is 11.3. The Kier molecular flexibility index (Phi) is 5.85. The van der Waals surface area contributed by atoms with Gasteiger partial charge in [0.2, 0.25) is 0 Å². The number of nitrogens with zero attached hydrogens (tertiary/aromatic N) is 1. The lowest BCUT2D eigenvalue weighted by Crippen LogP contribution is -2.46. The molecule has 3 atom stereocenters. The quantitative estimate of drug-likeness (QED) is 0.685. The van der Waals surface area contributed by atoms with E-state index in [0.29, 0.717) is 18.5 Å². The van der Waals surface area contributed by atoms with Crippen LogP contribution in [0.2, 0.25) is 0 Å². The second-order valence-electron chi connectivity index (χ2n) is 5.39. The minimum atomic E-state index is -0.298. The molecule has 106 valence electrons. The summed E-state index contributed by atoms with van der Waals surface area (Å²) in [5.74, 6) is 0.598.